The molecule has 0 amide bonds. The first-order valence-corrected chi connectivity index (χ1v) is 11.1. The van der Waals surface area contributed by atoms with Crippen LogP contribution in [0.4, 0.5) is 5.69 Å². The van der Waals surface area contributed by atoms with Crippen molar-refractivity contribution in [3.63, 3.8) is 0 Å². The van der Waals surface area contributed by atoms with Crippen LogP contribution in [0.25, 0.3) is 16.5 Å². The van der Waals surface area contributed by atoms with Crippen molar-refractivity contribution < 1.29 is 4.42 Å². The molecular weight excluding hydrogens is 386 g/mol. The van der Waals surface area contributed by atoms with Crippen LogP contribution in [0.3, 0.4) is 0 Å². The zero-order chi connectivity index (χ0) is 21.5. The predicted molar refractivity (Wildman–Crippen MR) is 127 cm³/mol. The van der Waals surface area contributed by atoms with E-state index in [-0.39, 0.29) is 5.63 Å². The van der Waals surface area contributed by atoms with Crippen LogP contribution in [0.1, 0.15) is 26.3 Å². The number of hydrogen-bond acceptors (Lipinski definition) is 5. The molecule has 0 aliphatic carbocycles. The first-order valence-electron chi connectivity index (χ1n) is 11.1. The minimum absolute atomic E-state index is 0.271. The Bertz CT molecular complexity index is 1210. The zero-order valence-electron chi connectivity index (χ0n) is 18.5. The van der Waals surface area contributed by atoms with Gasteiger partial charge in [-0.25, -0.2) is 4.79 Å². The molecule has 0 radical (unpaired) electrons. The first kappa shape index (κ1) is 19.9. The van der Waals surface area contributed by atoms with Gasteiger partial charge in [-0.15, -0.1) is 0 Å². The molecule has 1 saturated heterocycles. The van der Waals surface area contributed by atoms with Crippen molar-refractivity contribution in [1.29, 1.82) is 0 Å². The molecule has 1 fully saturated rings. The first-order chi connectivity index (χ1) is 15.0. The van der Waals surface area contributed by atoms with E-state index in [1.165, 1.54) is 11.1 Å². The monoisotopic (exact) mass is 415 g/mol. The van der Waals surface area contributed by atoms with E-state index in [1.807, 2.05) is 12.1 Å². The van der Waals surface area contributed by atoms with Crippen molar-refractivity contribution in [3.05, 3.63) is 81.5 Å². The predicted octanol–water partition coefficient (Wildman–Crippen LogP) is 4.38. The molecule has 3 aliphatic heterocycles. The number of likely N-dealkylation sites (N-methyl/N-ethyl adjacent to an activating group) is 1. The molecule has 31 heavy (non-hydrogen) atoms. The molecule has 1 aromatic heterocycles. The largest absolute Gasteiger partial charge is 0.422 e. The Hall–Kier alpha value is -3.05. The van der Waals surface area contributed by atoms with E-state index < -0.39 is 0 Å². The second kappa shape index (κ2) is 7.89. The number of hydrogen-bond donors (Lipinski definition) is 0. The Morgan fingerprint density at radius 1 is 1.03 bits per heavy atom. The average Bonchev–Trinajstić information content (AvgIpc) is 2.78. The molecule has 0 bridgehead atoms. The third kappa shape index (κ3) is 3.74. The molecule has 160 valence electrons. The molecule has 5 nitrogen and oxygen atoms in total. The number of rotatable bonds is 3. The van der Waals surface area contributed by atoms with E-state index >= 15 is 0 Å². The summed E-state index contributed by atoms with van der Waals surface area (Å²) in [6.45, 7) is 12.4. The summed E-state index contributed by atoms with van der Waals surface area (Å²) < 4.78 is 5.83. The second-order valence-corrected chi connectivity index (χ2v) is 8.69. The van der Waals surface area contributed by atoms with Crippen molar-refractivity contribution in [2.75, 3.05) is 44.2 Å². The minimum Gasteiger partial charge on any atom is -0.422 e. The molecule has 1 aromatic carbocycles. The Morgan fingerprint density at radius 2 is 1.84 bits per heavy atom. The SMILES string of the molecule is CCN1CCN(c2ccc3cc(C4=C(C)CN5C=CC(C)=CC5=C4)c(=O)oc3c2)CC1. The molecule has 0 N–H and O–H groups in total. The normalized spacial score (nSPS) is 19.6. The molecular formula is C26H29N3O2. The zero-order valence-corrected chi connectivity index (χ0v) is 18.5. The lowest BCUT2D eigenvalue weighted by atomic mass is 9.95. The van der Waals surface area contributed by atoms with Gasteiger partial charge in [0.1, 0.15) is 5.58 Å². The summed E-state index contributed by atoms with van der Waals surface area (Å²) in [7, 11) is 0. The smallest absolute Gasteiger partial charge is 0.344 e. The van der Waals surface area contributed by atoms with Gasteiger partial charge in [0.15, 0.2) is 0 Å². The van der Waals surface area contributed by atoms with Gasteiger partial charge in [-0.05, 0) is 73.5 Å². The molecule has 5 heteroatoms. The van der Waals surface area contributed by atoms with Crippen molar-refractivity contribution >= 4 is 22.2 Å². The molecule has 0 saturated carbocycles. The van der Waals surface area contributed by atoms with Gasteiger partial charge in [-0.2, -0.15) is 0 Å². The lowest BCUT2D eigenvalue weighted by molar-refractivity contribution is 0.271. The van der Waals surface area contributed by atoms with Crippen molar-refractivity contribution in [1.82, 2.24) is 9.80 Å². The quantitative estimate of drug-likeness (QED) is 0.696. The Labute approximate surface area is 183 Å². The number of piperazine rings is 1. The molecule has 2 aromatic rings. The fourth-order valence-corrected chi connectivity index (χ4v) is 4.65. The number of fused-ring (bicyclic) bond motifs is 2. The van der Waals surface area contributed by atoms with E-state index in [9.17, 15) is 4.79 Å². The van der Waals surface area contributed by atoms with Gasteiger partial charge in [0.2, 0.25) is 0 Å². The Morgan fingerprint density at radius 3 is 2.61 bits per heavy atom. The summed E-state index contributed by atoms with van der Waals surface area (Å²) in [5.74, 6) is 0. The van der Waals surface area contributed by atoms with E-state index in [2.05, 4.69) is 72.0 Å². The van der Waals surface area contributed by atoms with E-state index in [0.717, 1.165) is 61.6 Å². The summed E-state index contributed by atoms with van der Waals surface area (Å²) in [6, 6.07) is 8.23. The van der Waals surface area contributed by atoms with Crippen LogP contribution >= 0.6 is 0 Å². The Balaban J connectivity index is 1.48. The van der Waals surface area contributed by atoms with Gasteiger partial charge in [-0.1, -0.05) is 6.92 Å². The van der Waals surface area contributed by atoms with Gasteiger partial charge < -0.3 is 19.1 Å². The van der Waals surface area contributed by atoms with Gasteiger partial charge in [-0.3, -0.25) is 0 Å². The highest BCUT2D eigenvalue weighted by Gasteiger charge is 2.21. The van der Waals surface area contributed by atoms with Crippen LogP contribution in [0, 0.1) is 0 Å². The van der Waals surface area contributed by atoms with Crippen LogP contribution < -0.4 is 10.5 Å². The highest BCUT2D eigenvalue weighted by molar-refractivity contribution is 5.87. The van der Waals surface area contributed by atoms with Gasteiger partial charge in [0.05, 0.1) is 5.56 Å². The Kier molecular flexibility index (Phi) is 5.06. The number of benzene rings is 1. The van der Waals surface area contributed by atoms with Gasteiger partial charge in [0.25, 0.3) is 0 Å². The van der Waals surface area contributed by atoms with Crippen LogP contribution in [-0.4, -0.2) is 49.1 Å². The minimum atomic E-state index is -0.271. The van der Waals surface area contributed by atoms with Crippen molar-refractivity contribution in [2.45, 2.75) is 20.8 Å². The van der Waals surface area contributed by atoms with Crippen molar-refractivity contribution in [2.24, 2.45) is 0 Å². The number of anilines is 1. The molecule has 0 atom stereocenters. The average molecular weight is 416 g/mol. The third-order valence-electron chi connectivity index (χ3n) is 6.58. The molecule has 0 spiro atoms. The van der Waals surface area contributed by atoms with Crippen LogP contribution in [0.15, 0.2) is 74.7 Å². The highest BCUT2D eigenvalue weighted by Crippen LogP contribution is 2.32. The standard InChI is InChI=1S/C26H29N3O2/c1-4-27-9-11-28(12-10-27)21-6-5-20-14-24(26(30)31-25(20)16-21)23-15-22-13-18(2)7-8-29(22)17-19(23)3/h5-8,13-16H,4,9-12,17H2,1-3H3. The fourth-order valence-electron chi connectivity index (χ4n) is 4.65. The van der Waals surface area contributed by atoms with Crippen molar-refractivity contribution in [3.8, 4) is 0 Å². The summed E-state index contributed by atoms with van der Waals surface area (Å²) in [4.78, 5) is 20.0. The second-order valence-electron chi connectivity index (χ2n) is 8.69. The summed E-state index contributed by atoms with van der Waals surface area (Å²) in [5.41, 5.74) is 6.61. The lowest BCUT2D eigenvalue weighted by Gasteiger charge is -2.35. The maximum absolute atomic E-state index is 13.0. The third-order valence-corrected chi connectivity index (χ3v) is 6.58. The number of nitrogens with zero attached hydrogens (tertiary/aromatic N) is 3. The van der Waals surface area contributed by atoms with Crippen LogP contribution in [0.2, 0.25) is 0 Å². The summed E-state index contributed by atoms with van der Waals surface area (Å²) in [5, 5.41) is 0.960. The van der Waals surface area contributed by atoms with E-state index in [1.54, 1.807) is 0 Å². The summed E-state index contributed by atoms with van der Waals surface area (Å²) in [6.07, 6.45) is 8.47. The van der Waals surface area contributed by atoms with Gasteiger partial charge in [0, 0.05) is 61.8 Å². The molecule has 3 aliphatic rings. The fraction of sp³-hybridized carbons (Fsp3) is 0.346. The van der Waals surface area contributed by atoms with E-state index in [4.69, 9.17) is 4.42 Å². The molecule has 0 unspecified atom stereocenters. The summed E-state index contributed by atoms with van der Waals surface area (Å²) >= 11 is 0. The highest BCUT2D eigenvalue weighted by atomic mass is 16.4. The molecule has 5 rings (SSSR count). The topological polar surface area (TPSA) is 39.9 Å². The van der Waals surface area contributed by atoms with Gasteiger partial charge >= 0.3 is 5.63 Å². The molecule has 4 heterocycles. The van der Waals surface area contributed by atoms with E-state index in [0.29, 0.717) is 11.1 Å². The van der Waals surface area contributed by atoms with Crippen LogP contribution in [0.5, 0.6) is 0 Å². The number of allylic oxidation sites excluding steroid dienone is 5. The lowest BCUT2D eigenvalue weighted by Crippen LogP contribution is -2.46. The van der Waals surface area contributed by atoms with Crippen LogP contribution in [-0.2, 0) is 0 Å². The maximum atomic E-state index is 13.0. The maximum Gasteiger partial charge on any atom is 0.344 e.